The molecule has 1 saturated heterocycles. The monoisotopic (exact) mass is 651 g/mol. The number of amides is 1. The van der Waals surface area contributed by atoms with Gasteiger partial charge in [-0.15, -0.1) is 13.2 Å². The van der Waals surface area contributed by atoms with Gasteiger partial charge < -0.3 is 19.5 Å². The summed E-state index contributed by atoms with van der Waals surface area (Å²) in [6.45, 7) is 3.33. The molecule has 1 aliphatic rings. The number of carbonyl (C=O) groups excluding carboxylic acids is 1. The Morgan fingerprint density at radius 3 is 2.39 bits per heavy atom. The second kappa shape index (κ2) is 12.8. The Labute approximate surface area is 260 Å². The van der Waals surface area contributed by atoms with E-state index in [9.17, 15) is 36.2 Å². The standard InChI is InChI=1S/C31H31F6N5O4/c1-4-21-16-40(25(17-43)20-6-5-7-23(14-20)46-31(35,36)37)12-13-41(21)29(44)24-15-38-42-27(30(32,33)34)18(2)26(39-28(24)42)19-8-10-22(45-3)11-9-19/h5-11,14-15,21,25,43H,4,12-13,16-17H2,1-3H3/t21?,25-/m1/s1. The van der Waals surface area contributed by atoms with E-state index in [1.54, 1.807) is 30.3 Å². The third-order valence-electron chi connectivity index (χ3n) is 8.08. The van der Waals surface area contributed by atoms with Gasteiger partial charge >= 0.3 is 12.5 Å². The van der Waals surface area contributed by atoms with E-state index < -0.39 is 48.6 Å². The lowest BCUT2D eigenvalue weighted by molar-refractivity contribution is -0.274. The smallest absolute Gasteiger partial charge is 0.497 e. The number of methoxy groups -OCH3 is 1. The molecule has 15 heteroatoms. The summed E-state index contributed by atoms with van der Waals surface area (Å²) in [5.41, 5.74) is -0.744. The van der Waals surface area contributed by atoms with Crippen molar-refractivity contribution in [3.05, 3.63) is 77.1 Å². The zero-order valence-electron chi connectivity index (χ0n) is 25.1. The predicted molar refractivity (Wildman–Crippen MR) is 154 cm³/mol. The Bertz CT molecular complexity index is 1710. The number of hydrogen-bond acceptors (Lipinski definition) is 7. The van der Waals surface area contributed by atoms with Crippen LogP contribution in [0.2, 0.25) is 0 Å². The van der Waals surface area contributed by atoms with Crippen molar-refractivity contribution in [3.63, 3.8) is 0 Å². The molecule has 2 aromatic carbocycles. The molecule has 0 aliphatic carbocycles. The maximum absolute atomic E-state index is 14.4. The van der Waals surface area contributed by atoms with Gasteiger partial charge in [-0.1, -0.05) is 19.1 Å². The fraction of sp³-hybridized carbons (Fsp3) is 0.387. The number of aliphatic hydroxyl groups excluding tert-OH is 1. The molecule has 0 bridgehead atoms. The molecule has 1 N–H and O–H groups in total. The first-order chi connectivity index (χ1) is 21.7. The zero-order valence-corrected chi connectivity index (χ0v) is 25.1. The van der Waals surface area contributed by atoms with Crippen LogP contribution in [0.5, 0.6) is 11.5 Å². The average molecular weight is 652 g/mol. The van der Waals surface area contributed by atoms with Crippen LogP contribution < -0.4 is 9.47 Å². The lowest BCUT2D eigenvalue weighted by Crippen LogP contribution is -2.56. The van der Waals surface area contributed by atoms with Crippen molar-refractivity contribution in [1.82, 2.24) is 24.4 Å². The number of aliphatic hydroxyl groups is 1. The number of hydrogen-bond donors (Lipinski definition) is 1. The minimum atomic E-state index is -4.88. The number of benzene rings is 2. The first-order valence-electron chi connectivity index (χ1n) is 14.4. The molecule has 4 aromatic rings. The summed E-state index contributed by atoms with van der Waals surface area (Å²) in [7, 11) is 1.47. The van der Waals surface area contributed by atoms with Gasteiger partial charge in [-0.3, -0.25) is 9.69 Å². The molecule has 1 fully saturated rings. The minimum absolute atomic E-state index is 0.0383. The molecular formula is C31H31F6N5O4. The Hall–Kier alpha value is -4.37. The number of piperazine rings is 1. The molecule has 46 heavy (non-hydrogen) atoms. The van der Waals surface area contributed by atoms with Crippen LogP contribution in [0, 0.1) is 6.92 Å². The van der Waals surface area contributed by atoms with Crippen LogP contribution >= 0.6 is 0 Å². The van der Waals surface area contributed by atoms with E-state index >= 15 is 0 Å². The molecule has 0 saturated carbocycles. The number of aromatic nitrogens is 3. The Morgan fingerprint density at radius 2 is 1.78 bits per heavy atom. The van der Waals surface area contributed by atoms with E-state index in [2.05, 4.69) is 14.8 Å². The second-order valence-corrected chi connectivity index (χ2v) is 10.8. The molecule has 0 spiro atoms. The van der Waals surface area contributed by atoms with E-state index in [0.717, 1.165) is 12.3 Å². The zero-order chi connectivity index (χ0) is 33.4. The molecule has 3 heterocycles. The van der Waals surface area contributed by atoms with Crippen LogP contribution in [0.1, 0.15) is 46.6 Å². The van der Waals surface area contributed by atoms with E-state index in [1.165, 1.54) is 31.1 Å². The molecule has 2 atom stereocenters. The topological polar surface area (TPSA) is 92.4 Å². The third kappa shape index (κ3) is 6.60. The van der Waals surface area contributed by atoms with E-state index in [-0.39, 0.29) is 42.1 Å². The van der Waals surface area contributed by atoms with Crippen molar-refractivity contribution in [1.29, 1.82) is 0 Å². The van der Waals surface area contributed by atoms with Crippen molar-refractivity contribution in [2.24, 2.45) is 0 Å². The van der Waals surface area contributed by atoms with Crippen LogP contribution in [0.4, 0.5) is 26.3 Å². The summed E-state index contributed by atoms with van der Waals surface area (Å²) in [5, 5.41) is 14.2. The van der Waals surface area contributed by atoms with Gasteiger partial charge in [0, 0.05) is 36.8 Å². The molecule has 9 nitrogen and oxygen atoms in total. The van der Waals surface area contributed by atoms with Crippen molar-refractivity contribution in [2.75, 3.05) is 33.4 Å². The number of carbonyl (C=O) groups is 1. The molecule has 5 rings (SSSR count). The van der Waals surface area contributed by atoms with Gasteiger partial charge in [0.25, 0.3) is 5.91 Å². The lowest BCUT2D eigenvalue weighted by atomic mass is 10.0. The summed E-state index contributed by atoms with van der Waals surface area (Å²) < 4.78 is 91.3. The maximum Gasteiger partial charge on any atom is 0.573 e. The van der Waals surface area contributed by atoms with Crippen molar-refractivity contribution in [2.45, 2.75) is 44.9 Å². The first kappa shape index (κ1) is 33.0. The number of ether oxygens (including phenoxy) is 2. The van der Waals surface area contributed by atoms with Gasteiger partial charge in [-0.25, -0.2) is 9.50 Å². The minimum Gasteiger partial charge on any atom is -0.497 e. The van der Waals surface area contributed by atoms with Gasteiger partial charge in [-0.2, -0.15) is 18.3 Å². The summed E-state index contributed by atoms with van der Waals surface area (Å²) in [6.07, 6.45) is -8.15. The SMILES string of the molecule is CCC1CN([C@H](CO)c2cccc(OC(F)(F)F)c2)CCN1C(=O)c1cnn2c(C(F)(F)F)c(C)c(-c3ccc(OC)cc3)nc12. The second-order valence-electron chi connectivity index (χ2n) is 10.8. The van der Waals surface area contributed by atoms with Crippen LogP contribution in [0.3, 0.4) is 0 Å². The summed E-state index contributed by atoms with van der Waals surface area (Å²) >= 11 is 0. The molecule has 0 radical (unpaired) electrons. The largest absolute Gasteiger partial charge is 0.573 e. The summed E-state index contributed by atoms with van der Waals surface area (Å²) in [5.74, 6) is -0.477. The average Bonchev–Trinajstić information content (AvgIpc) is 3.42. The lowest BCUT2D eigenvalue weighted by Gasteiger charge is -2.44. The highest BCUT2D eigenvalue weighted by atomic mass is 19.4. The Morgan fingerprint density at radius 1 is 1.07 bits per heavy atom. The number of rotatable bonds is 8. The molecule has 1 amide bonds. The van der Waals surface area contributed by atoms with Crippen molar-refractivity contribution < 1.29 is 45.7 Å². The predicted octanol–water partition coefficient (Wildman–Crippen LogP) is 5.90. The van der Waals surface area contributed by atoms with Gasteiger partial charge in [0.05, 0.1) is 31.6 Å². The number of fused-ring (bicyclic) bond motifs is 1. The van der Waals surface area contributed by atoms with Gasteiger partial charge in [0.15, 0.2) is 11.3 Å². The number of halogens is 6. The van der Waals surface area contributed by atoms with E-state index in [0.29, 0.717) is 27.8 Å². The van der Waals surface area contributed by atoms with Gasteiger partial charge in [0.2, 0.25) is 0 Å². The maximum atomic E-state index is 14.4. The van der Waals surface area contributed by atoms with Gasteiger partial charge in [-0.05, 0) is 55.3 Å². The van der Waals surface area contributed by atoms with Crippen molar-refractivity contribution >= 4 is 11.6 Å². The Kier molecular flexibility index (Phi) is 9.18. The van der Waals surface area contributed by atoms with Crippen molar-refractivity contribution in [3.8, 4) is 22.8 Å². The normalized spacial score (nSPS) is 16.9. The van der Waals surface area contributed by atoms with Crippen LogP contribution in [0.15, 0.2) is 54.7 Å². The van der Waals surface area contributed by atoms with E-state index in [1.807, 2.05) is 11.8 Å². The molecular weight excluding hydrogens is 620 g/mol. The summed E-state index contributed by atoms with van der Waals surface area (Å²) in [6, 6.07) is 10.6. The van der Waals surface area contributed by atoms with Crippen LogP contribution in [-0.4, -0.2) is 81.2 Å². The van der Waals surface area contributed by atoms with E-state index in [4.69, 9.17) is 4.74 Å². The highest BCUT2D eigenvalue weighted by Crippen LogP contribution is 2.37. The quantitative estimate of drug-likeness (QED) is 0.237. The molecule has 1 unspecified atom stereocenters. The number of nitrogens with zero attached hydrogens (tertiary/aromatic N) is 5. The fourth-order valence-corrected chi connectivity index (χ4v) is 5.87. The van der Waals surface area contributed by atoms with Gasteiger partial charge in [0.1, 0.15) is 17.1 Å². The highest BCUT2D eigenvalue weighted by molar-refractivity contribution is 6.00. The fourth-order valence-electron chi connectivity index (χ4n) is 5.87. The third-order valence-corrected chi connectivity index (χ3v) is 8.08. The first-order valence-corrected chi connectivity index (χ1v) is 14.4. The molecule has 1 aliphatic heterocycles. The molecule has 246 valence electrons. The Balaban J connectivity index is 1.46. The number of alkyl halides is 6. The van der Waals surface area contributed by atoms with Crippen LogP contribution in [0.25, 0.3) is 16.9 Å². The highest BCUT2D eigenvalue weighted by Gasteiger charge is 2.40. The van der Waals surface area contributed by atoms with Crippen LogP contribution in [-0.2, 0) is 6.18 Å². The molecule has 2 aromatic heterocycles. The summed E-state index contributed by atoms with van der Waals surface area (Å²) in [4.78, 5) is 21.9.